The average Bonchev–Trinajstić information content (AvgIpc) is 3.19. The normalized spacial score (nSPS) is 30.0. The van der Waals surface area contributed by atoms with Gasteiger partial charge in [-0.15, -0.1) is 12.4 Å². The van der Waals surface area contributed by atoms with E-state index < -0.39 is 0 Å². The van der Waals surface area contributed by atoms with Gasteiger partial charge in [0.1, 0.15) is 0 Å². The van der Waals surface area contributed by atoms with E-state index in [1.54, 1.807) is 6.20 Å². The lowest BCUT2D eigenvalue weighted by atomic mass is 9.61. The van der Waals surface area contributed by atoms with Crippen LogP contribution in [0, 0.1) is 5.92 Å². The van der Waals surface area contributed by atoms with Crippen LogP contribution in [0.25, 0.3) is 0 Å². The summed E-state index contributed by atoms with van der Waals surface area (Å²) in [5.41, 5.74) is 7.41. The summed E-state index contributed by atoms with van der Waals surface area (Å²) in [6, 6.07) is 12.8. The summed E-state index contributed by atoms with van der Waals surface area (Å²) in [7, 11) is 0. The zero-order valence-corrected chi connectivity index (χ0v) is 16.4. The van der Waals surface area contributed by atoms with Gasteiger partial charge >= 0.3 is 0 Å². The van der Waals surface area contributed by atoms with Crippen LogP contribution in [0.5, 0.6) is 0 Å². The summed E-state index contributed by atoms with van der Waals surface area (Å²) in [4.78, 5) is 13.0. The minimum atomic E-state index is 0. The Bertz CT molecular complexity index is 728. The molecule has 1 amide bonds. The van der Waals surface area contributed by atoms with Crippen molar-refractivity contribution in [3.63, 3.8) is 0 Å². The van der Waals surface area contributed by atoms with Crippen LogP contribution in [-0.4, -0.2) is 28.3 Å². The quantitative estimate of drug-likeness (QED) is 0.825. The fourth-order valence-electron chi connectivity index (χ4n) is 4.82. The molecular formula is C21H29ClN4O. The number of carbonyl (C=O) groups excluding carboxylic acids is 1. The molecule has 5 nitrogen and oxygen atoms in total. The molecular weight excluding hydrogens is 360 g/mol. The van der Waals surface area contributed by atoms with Crippen molar-refractivity contribution in [1.82, 2.24) is 15.1 Å². The van der Waals surface area contributed by atoms with Crippen molar-refractivity contribution in [2.24, 2.45) is 11.7 Å². The van der Waals surface area contributed by atoms with Gasteiger partial charge in [0.05, 0.1) is 12.0 Å². The largest absolute Gasteiger partial charge is 0.353 e. The van der Waals surface area contributed by atoms with Crippen molar-refractivity contribution in [3.05, 3.63) is 54.4 Å². The van der Waals surface area contributed by atoms with E-state index in [0.717, 1.165) is 32.1 Å². The van der Waals surface area contributed by atoms with Crippen LogP contribution in [0.1, 0.15) is 50.1 Å². The van der Waals surface area contributed by atoms with Gasteiger partial charge in [-0.3, -0.25) is 9.48 Å². The second-order valence-corrected chi connectivity index (χ2v) is 7.91. The minimum absolute atomic E-state index is 0. The van der Waals surface area contributed by atoms with Crippen LogP contribution in [0.2, 0.25) is 0 Å². The third-order valence-electron chi connectivity index (χ3n) is 6.33. The fourth-order valence-corrected chi connectivity index (χ4v) is 4.82. The molecule has 2 atom stereocenters. The predicted molar refractivity (Wildman–Crippen MR) is 109 cm³/mol. The van der Waals surface area contributed by atoms with Gasteiger partial charge < -0.3 is 11.1 Å². The van der Waals surface area contributed by atoms with Crippen LogP contribution < -0.4 is 11.1 Å². The van der Waals surface area contributed by atoms with Gasteiger partial charge in [0.15, 0.2) is 0 Å². The third kappa shape index (κ3) is 3.90. The number of nitrogens with zero attached hydrogens (tertiary/aromatic N) is 2. The third-order valence-corrected chi connectivity index (χ3v) is 6.33. The maximum Gasteiger partial charge on any atom is 0.225 e. The highest BCUT2D eigenvalue weighted by atomic mass is 35.5. The number of halogens is 1. The van der Waals surface area contributed by atoms with Crippen molar-refractivity contribution in [1.29, 1.82) is 0 Å². The molecule has 6 heteroatoms. The Hall–Kier alpha value is -1.85. The number of benzene rings is 1. The molecule has 1 heterocycles. The smallest absolute Gasteiger partial charge is 0.225 e. The summed E-state index contributed by atoms with van der Waals surface area (Å²) < 4.78 is 1.97. The van der Waals surface area contributed by atoms with E-state index in [-0.39, 0.29) is 41.7 Å². The summed E-state index contributed by atoms with van der Waals surface area (Å²) in [5, 5.41) is 7.68. The topological polar surface area (TPSA) is 72.9 Å². The molecule has 0 radical (unpaired) electrons. The van der Waals surface area contributed by atoms with Gasteiger partial charge in [0, 0.05) is 30.4 Å². The van der Waals surface area contributed by atoms with Crippen LogP contribution in [-0.2, 0) is 10.2 Å². The Kier molecular flexibility index (Phi) is 6.22. The second-order valence-electron chi connectivity index (χ2n) is 7.91. The average molecular weight is 389 g/mol. The molecule has 3 N–H and O–H groups in total. The van der Waals surface area contributed by atoms with E-state index in [4.69, 9.17) is 5.73 Å². The van der Waals surface area contributed by atoms with Gasteiger partial charge in [-0.05, 0) is 37.3 Å². The first-order valence-electron chi connectivity index (χ1n) is 9.77. The zero-order chi connectivity index (χ0) is 18.0. The lowest BCUT2D eigenvalue weighted by Gasteiger charge is -2.48. The van der Waals surface area contributed by atoms with Crippen LogP contribution >= 0.6 is 12.4 Å². The van der Waals surface area contributed by atoms with E-state index >= 15 is 0 Å². The van der Waals surface area contributed by atoms with Gasteiger partial charge in [0.2, 0.25) is 5.91 Å². The van der Waals surface area contributed by atoms with E-state index in [1.165, 1.54) is 12.0 Å². The lowest BCUT2D eigenvalue weighted by molar-refractivity contribution is -0.129. The summed E-state index contributed by atoms with van der Waals surface area (Å²) in [5.74, 6) is 0.210. The molecule has 2 fully saturated rings. The monoisotopic (exact) mass is 388 g/mol. The molecule has 0 bridgehead atoms. The molecule has 146 valence electrons. The molecule has 2 aliphatic carbocycles. The number of rotatable bonds is 5. The van der Waals surface area contributed by atoms with Crippen molar-refractivity contribution in [2.75, 3.05) is 6.54 Å². The summed E-state index contributed by atoms with van der Waals surface area (Å²) in [6.07, 6.45) is 9.90. The Morgan fingerprint density at radius 3 is 2.59 bits per heavy atom. The lowest BCUT2D eigenvalue weighted by Crippen LogP contribution is -2.57. The Morgan fingerprint density at radius 1 is 1.19 bits per heavy atom. The van der Waals surface area contributed by atoms with Crippen molar-refractivity contribution >= 4 is 18.3 Å². The maximum atomic E-state index is 13.0. The second kappa shape index (κ2) is 8.44. The molecule has 0 spiro atoms. The molecule has 0 saturated heterocycles. The van der Waals surface area contributed by atoms with Crippen molar-refractivity contribution in [2.45, 2.75) is 56.0 Å². The first kappa shape index (κ1) is 19.9. The SMILES string of the molecule is Cl.NCC1(c2ccccc2)CC(NC(=O)C2CCCCC2n2cccn2)C1. The Morgan fingerprint density at radius 2 is 1.93 bits per heavy atom. The first-order chi connectivity index (χ1) is 12.7. The number of hydrogen-bond acceptors (Lipinski definition) is 3. The highest BCUT2D eigenvalue weighted by molar-refractivity contribution is 5.85. The van der Waals surface area contributed by atoms with Crippen LogP contribution in [0.4, 0.5) is 0 Å². The first-order valence-corrected chi connectivity index (χ1v) is 9.77. The number of carbonyl (C=O) groups is 1. The van der Waals surface area contributed by atoms with Gasteiger partial charge in [0.25, 0.3) is 0 Å². The van der Waals surface area contributed by atoms with Crippen molar-refractivity contribution in [3.8, 4) is 0 Å². The molecule has 1 aromatic carbocycles. The maximum absolute atomic E-state index is 13.0. The zero-order valence-electron chi connectivity index (χ0n) is 15.6. The number of amides is 1. The van der Waals surface area contributed by atoms with E-state index in [2.05, 4.69) is 34.7 Å². The van der Waals surface area contributed by atoms with Crippen molar-refractivity contribution < 1.29 is 4.79 Å². The van der Waals surface area contributed by atoms with Gasteiger partial charge in [-0.1, -0.05) is 43.2 Å². The molecule has 27 heavy (non-hydrogen) atoms. The number of nitrogens with one attached hydrogen (secondary N) is 1. The van der Waals surface area contributed by atoms with E-state index in [0.29, 0.717) is 6.54 Å². The fraction of sp³-hybridized carbons (Fsp3) is 0.524. The molecule has 2 unspecified atom stereocenters. The van der Waals surface area contributed by atoms with Gasteiger partial charge in [-0.2, -0.15) is 5.10 Å². The van der Waals surface area contributed by atoms with E-state index in [9.17, 15) is 4.79 Å². The minimum Gasteiger partial charge on any atom is -0.353 e. The predicted octanol–water partition coefficient (Wildman–Crippen LogP) is 3.21. The van der Waals surface area contributed by atoms with Gasteiger partial charge in [-0.25, -0.2) is 0 Å². The molecule has 2 aliphatic rings. The molecule has 0 aliphatic heterocycles. The Labute approximate surface area is 167 Å². The van der Waals surface area contributed by atoms with E-state index in [1.807, 2.05) is 23.0 Å². The van der Waals surface area contributed by atoms with Crippen LogP contribution in [0.15, 0.2) is 48.8 Å². The number of hydrogen-bond donors (Lipinski definition) is 2. The Balaban J connectivity index is 0.00000210. The molecule has 2 aromatic rings. The number of aromatic nitrogens is 2. The number of nitrogens with two attached hydrogens (primary N) is 1. The summed E-state index contributed by atoms with van der Waals surface area (Å²) >= 11 is 0. The molecule has 2 saturated carbocycles. The highest BCUT2D eigenvalue weighted by Crippen LogP contribution is 2.43. The molecule has 1 aromatic heterocycles. The summed E-state index contributed by atoms with van der Waals surface area (Å²) in [6.45, 7) is 0.628. The van der Waals surface area contributed by atoms with Crippen LogP contribution in [0.3, 0.4) is 0 Å². The standard InChI is InChI=1S/C21H28N4O.ClH/c22-15-21(16-7-2-1-3-8-16)13-17(14-21)24-20(26)18-9-4-5-10-19(18)25-12-6-11-23-25;/h1-3,6-8,11-12,17-19H,4-5,9-10,13-15,22H2,(H,24,26);1H. The highest BCUT2D eigenvalue weighted by Gasteiger charge is 2.46. The molecule has 4 rings (SSSR count).